The minimum atomic E-state index is 0.487. The van der Waals surface area contributed by atoms with Crippen molar-refractivity contribution in [3.8, 4) is 0 Å². The van der Waals surface area contributed by atoms with Crippen molar-refractivity contribution in [2.75, 3.05) is 7.05 Å². The lowest BCUT2D eigenvalue weighted by atomic mass is 9.99. The maximum atomic E-state index is 3.61. The molecule has 1 aromatic heterocycles. The first-order chi connectivity index (χ1) is 8.70. The van der Waals surface area contributed by atoms with Gasteiger partial charge in [0.2, 0.25) is 0 Å². The van der Waals surface area contributed by atoms with Crippen LogP contribution in [-0.2, 0) is 12.8 Å². The first kappa shape index (κ1) is 13.8. The second-order valence-corrected chi connectivity index (χ2v) is 6.37. The van der Waals surface area contributed by atoms with Crippen molar-refractivity contribution in [2.24, 2.45) is 0 Å². The summed E-state index contributed by atoms with van der Waals surface area (Å²) >= 11 is 5.43. The Hall–Kier alpha value is -0.640. The summed E-state index contributed by atoms with van der Waals surface area (Å²) in [5, 5.41) is 5.57. The maximum absolute atomic E-state index is 3.61. The van der Waals surface area contributed by atoms with Crippen molar-refractivity contribution in [1.29, 1.82) is 0 Å². The molecule has 18 heavy (non-hydrogen) atoms. The monoisotopic (exact) mass is 323 g/mol. The van der Waals surface area contributed by atoms with Crippen LogP contribution in [0.25, 0.3) is 0 Å². The molecule has 2 aromatic rings. The molecule has 0 aliphatic heterocycles. The van der Waals surface area contributed by atoms with Crippen molar-refractivity contribution < 1.29 is 0 Å². The van der Waals surface area contributed by atoms with Crippen molar-refractivity contribution in [3.63, 3.8) is 0 Å². The zero-order valence-corrected chi connectivity index (χ0v) is 13.1. The second-order valence-electron chi connectivity index (χ2n) is 4.51. The molecule has 1 N–H and O–H groups in total. The van der Waals surface area contributed by atoms with Gasteiger partial charge in [0, 0.05) is 15.4 Å². The molecule has 0 radical (unpaired) electrons. The van der Waals surface area contributed by atoms with E-state index in [1.54, 1.807) is 0 Å². The maximum Gasteiger partial charge on any atom is 0.0314 e. The van der Waals surface area contributed by atoms with Gasteiger partial charge in [-0.3, -0.25) is 0 Å². The second kappa shape index (κ2) is 6.50. The predicted octanol–water partition coefficient (Wildman–Crippen LogP) is 4.19. The first-order valence-corrected chi connectivity index (χ1v) is 7.81. The average Bonchev–Trinajstić information content (AvgIpc) is 2.77. The number of hydrogen-bond acceptors (Lipinski definition) is 2. The van der Waals surface area contributed by atoms with E-state index in [0.717, 1.165) is 12.8 Å². The van der Waals surface area contributed by atoms with E-state index >= 15 is 0 Å². The standard InChI is InChI=1S/C15H18BrNS/c1-11-5-3-4-6-12(11)9-13(17-2)10-15-14(16)7-8-18-15/h3-8,13,17H,9-10H2,1-2H3. The average molecular weight is 324 g/mol. The van der Waals surface area contributed by atoms with E-state index < -0.39 is 0 Å². The fourth-order valence-electron chi connectivity index (χ4n) is 2.08. The largest absolute Gasteiger partial charge is 0.316 e. The van der Waals surface area contributed by atoms with E-state index in [4.69, 9.17) is 0 Å². The Balaban J connectivity index is 2.06. The molecule has 0 amide bonds. The lowest BCUT2D eigenvalue weighted by Crippen LogP contribution is -2.30. The summed E-state index contributed by atoms with van der Waals surface area (Å²) in [5.74, 6) is 0. The quantitative estimate of drug-likeness (QED) is 0.869. The van der Waals surface area contributed by atoms with E-state index in [1.165, 1.54) is 20.5 Å². The van der Waals surface area contributed by atoms with Gasteiger partial charge in [0.1, 0.15) is 0 Å². The van der Waals surface area contributed by atoms with Crippen molar-refractivity contribution in [3.05, 3.63) is 56.2 Å². The highest BCUT2D eigenvalue weighted by Crippen LogP contribution is 2.24. The van der Waals surface area contributed by atoms with Crippen LogP contribution < -0.4 is 5.32 Å². The zero-order valence-electron chi connectivity index (χ0n) is 10.7. The van der Waals surface area contributed by atoms with Crippen LogP contribution in [0.2, 0.25) is 0 Å². The van der Waals surface area contributed by atoms with Gasteiger partial charge in [0.05, 0.1) is 0 Å². The van der Waals surface area contributed by atoms with Crippen LogP contribution in [0.1, 0.15) is 16.0 Å². The summed E-state index contributed by atoms with van der Waals surface area (Å²) in [6, 6.07) is 11.2. The summed E-state index contributed by atoms with van der Waals surface area (Å²) in [6.07, 6.45) is 2.15. The molecule has 0 saturated heterocycles. The summed E-state index contributed by atoms with van der Waals surface area (Å²) in [6.45, 7) is 2.18. The zero-order chi connectivity index (χ0) is 13.0. The molecule has 0 bridgehead atoms. The van der Waals surface area contributed by atoms with Gasteiger partial charge in [-0.15, -0.1) is 11.3 Å². The Bertz CT molecular complexity index is 507. The Morgan fingerprint density at radius 1 is 1.22 bits per heavy atom. The fourth-order valence-corrected chi connectivity index (χ4v) is 3.67. The van der Waals surface area contributed by atoms with Crippen LogP contribution >= 0.6 is 27.3 Å². The highest BCUT2D eigenvalue weighted by atomic mass is 79.9. The number of aryl methyl sites for hydroxylation is 1. The summed E-state index contributed by atoms with van der Waals surface area (Å²) in [5.41, 5.74) is 2.81. The number of hydrogen-bond donors (Lipinski definition) is 1. The molecule has 0 aliphatic carbocycles. The van der Waals surface area contributed by atoms with Crippen LogP contribution in [0.3, 0.4) is 0 Å². The molecule has 1 unspecified atom stereocenters. The Kier molecular flexibility index (Phi) is 4.98. The third-order valence-corrected chi connectivity index (χ3v) is 5.21. The van der Waals surface area contributed by atoms with Gasteiger partial charge in [0.15, 0.2) is 0 Å². The Morgan fingerprint density at radius 2 is 2.00 bits per heavy atom. The lowest BCUT2D eigenvalue weighted by molar-refractivity contribution is 0.558. The van der Waals surface area contributed by atoms with E-state index in [1.807, 2.05) is 18.4 Å². The Labute approximate surface area is 121 Å². The van der Waals surface area contributed by atoms with Crippen LogP contribution in [0.5, 0.6) is 0 Å². The molecule has 1 aromatic carbocycles. The summed E-state index contributed by atoms with van der Waals surface area (Å²) < 4.78 is 1.23. The van der Waals surface area contributed by atoms with E-state index in [9.17, 15) is 0 Å². The number of likely N-dealkylation sites (N-methyl/N-ethyl adjacent to an activating group) is 1. The van der Waals surface area contributed by atoms with Gasteiger partial charge >= 0.3 is 0 Å². The molecule has 3 heteroatoms. The van der Waals surface area contributed by atoms with E-state index in [-0.39, 0.29) is 0 Å². The van der Waals surface area contributed by atoms with Crippen molar-refractivity contribution in [2.45, 2.75) is 25.8 Å². The fraction of sp³-hybridized carbons (Fsp3) is 0.333. The first-order valence-electron chi connectivity index (χ1n) is 6.14. The van der Waals surface area contributed by atoms with Crippen LogP contribution in [-0.4, -0.2) is 13.1 Å². The van der Waals surface area contributed by atoms with Gasteiger partial charge in [-0.1, -0.05) is 24.3 Å². The highest BCUT2D eigenvalue weighted by molar-refractivity contribution is 9.10. The van der Waals surface area contributed by atoms with E-state index in [0.29, 0.717) is 6.04 Å². The predicted molar refractivity (Wildman–Crippen MR) is 83.5 cm³/mol. The number of benzene rings is 1. The normalized spacial score (nSPS) is 12.6. The lowest BCUT2D eigenvalue weighted by Gasteiger charge is -2.17. The van der Waals surface area contributed by atoms with Crippen molar-refractivity contribution in [1.82, 2.24) is 5.32 Å². The van der Waals surface area contributed by atoms with Gasteiger partial charge in [0.25, 0.3) is 0 Å². The van der Waals surface area contributed by atoms with E-state index in [2.05, 4.69) is 63.9 Å². The number of nitrogens with one attached hydrogen (secondary N) is 1. The highest BCUT2D eigenvalue weighted by Gasteiger charge is 2.12. The SMILES string of the molecule is CNC(Cc1ccccc1C)Cc1sccc1Br. The Morgan fingerprint density at radius 3 is 2.61 bits per heavy atom. The van der Waals surface area contributed by atoms with Gasteiger partial charge < -0.3 is 5.32 Å². The van der Waals surface area contributed by atoms with Crippen LogP contribution in [0.15, 0.2) is 40.2 Å². The van der Waals surface area contributed by atoms with Crippen LogP contribution in [0.4, 0.5) is 0 Å². The molecule has 0 fully saturated rings. The third-order valence-electron chi connectivity index (χ3n) is 3.26. The molecule has 1 nitrogen and oxygen atoms in total. The van der Waals surface area contributed by atoms with Crippen LogP contribution in [0, 0.1) is 6.92 Å². The van der Waals surface area contributed by atoms with Crippen molar-refractivity contribution >= 4 is 27.3 Å². The number of halogens is 1. The van der Waals surface area contributed by atoms with Gasteiger partial charge in [-0.05, 0) is 65.3 Å². The molecule has 0 saturated carbocycles. The van der Waals surface area contributed by atoms with Gasteiger partial charge in [-0.2, -0.15) is 0 Å². The molecular weight excluding hydrogens is 306 g/mol. The molecule has 2 rings (SSSR count). The minimum Gasteiger partial charge on any atom is -0.316 e. The molecule has 0 spiro atoms. The minimum absolute atomic E-state index is 0.487. The van der Waals surface area contributed by atoms with Gasteiger partial charge in [-0.25, -0.2) is 0 Å². The summed E-state index contributed by atoms with van der Waals surface area (Å²) in [4.78, 5) is 1.42. The smallest absolute Gasteiger partial charge is 0.0314 e. The molecule has 0 aliphatic rings. The molecular formula is C15H18BrNS. The molecule has 1 heterocycles. The summed E-state index contributed by atoms with van der Waals surface area (Å²) in [7, 11) is 2.05. The topological polar surface area (TPSA) is 12.0 Å². The number of rotatable bonds is 5. The number of thiophene rings is 1. The molecule has 1 atom stereocenters. The third kappa shape index (κ3) is 3.44. The molecule has 96 valence electrons.